The average molecular weight is 421 g/mol. The van der Waals surface area contributed by atoms with Gasteiger partial charge >= 0.3 is 5.97 Å². The van der Waals surface area contributed by atoms with Crippen LogP contribution in [0.1, 0.15) is 53.6 Å². The third-order valence-corrected chi connectivity index (χ3v) is 7.49. The van der Waals surface area contributed by atoms with Crippen molar-refractivity contribution >= 4 is 11.9 Å². The number of rotatable bonds is 5. The van der Waals surface area contributed by atoms with Crippen molar-refractivity contribution in [2.24, 2.45) is 5.41 Å². The van der Waals surface area contributed by atoms with Crippen LogP contribution in [0.4, 0.5) is 0 Å². The van der Waals surface area contributed by atoms with Crippen LogP contribution >= 0.6 is 0 Å². The smallest absolute Gasteiger partial charge is 0.338 e. The Kier molecular flexibility index (Phi) is 5.89. The van der Waals surface area contributed by atoms with E-state index in [1.165, 1.54) is 12.7 Å². The lowest BCUT2D eigenvalue weighted by molar-refractivity contribution is -0.128. The molecule has 0 atom stereocenters. The first-order chi connectivity index (χ1) is 14.9. The summed E-state index contributed by atoms with van der Waals surface area (Å²) in [6, 6.07) is 18.2. The van der Waals surface area contributed by atoms with Crippen LogP contribution in [0.5, 0.6) is 0 Å². The number of methoxy groups -OCH3 is 1. The topological polar surface area (TPSA) is 49.9 Å². The van der Waals surface area contributed by atoms with Crippen molar-refractivity contribution < 1.29 is 14.3 Å². The van der Waals surface area contributed by atoms with E-state index in [4.69, 9.17) is 4.74 Å². The Morgan fingerprint density at radius 1 is 1.00 bits per heavy atom. The van der Waals surface area contributed by atoms with Crippen molar-refractivity contribution in [3.05, 3.63) is 71.3 Å². The monoisotopic (exact) mass is 420 g/mol. The summed E-state index contributed by atoms with van der Waals surface area (Å²) < 4.78 is 4.92. The molecule has 2 aromatic rings. The summed E-state index contributed by atoms with van der Waals surface area (Å²) >= 11 is 0. The van der Waals surface area contributed by atoms with Gasteiger partial charge in [-0.05, 0) is 62.4 Å². The van der Waals surface area contributed by atoms with E-state index in [9.17, 15) is 9.59 Å². The minimum atomic E-state index is -0.353. The van der Waals surface area contributed by atoms with Gasteiger partial charge in [0.15, 0.2) is 0 Å². The van der Waals surface area contributed by atoms with Crippen molar-refractivity contribution in [3.63, 3.8) is 0 Å². The Morgan fingerprint density at radius 2 is 1.65 bits per heavy atom. The van der Waals surface area contributed by atoms with Crippen molar-refractivity contribution in [2.45, 2.75) is 44.2 Å². The highest BCUT2D eigenvalue weighted by atomic mass is 16.5. The molecule has 5 heteroatoms. The number of amides is 1. The number of carbonyl (C=O) groups excluding carboxylic acids is 2. The van der Waals surface area contributed by atoms with Gasteiger partial charge in [0.2, 0.25) is 5.91 Å². The summed E-state index contributed by atoms with van der Waals surface area (Å²) in [5, 5.41) is 0. The first kappa shape index (κ1) is 21.6. The van der Waals surface area contributed by atoms with E-state index in [0.29, 0.717) is 18.5 Å². The van der Waals surface area contributed by atoms with Crippen LogP contribution in [-0.4, -0.2) is 49.4 Å². The Labute approximate surface area is 185 Å². The SMILES string of the molecule is COC(=O)c1ccccc1CN1CC2(CCC(c3ccccc3)(N(C)C)CC2)CC1=O. The molecule has 0 unspecified atom stereocenters. The highest BCUT2D eigenvalue weighted by Crippen LogP contribution is 2.52. The number of ether oxygens (including phenoxy) is 1. The second kappa shape index (κ2) is 8.46. The summed E-state index contributed by atoms with van der Waals surface area (Å²) in [6.07, 6.45) is 4.75. The second-order valence-corrected chi connectivity index (χ2v) is 9.37. The first-order valence-electron chi connectivity index (χ1n) is 11.1. The van der Waals surface area contributed by atoms with Gasteiger partial charge in [0.05, 0.1) is 12.7 Å². The summed E-state index contributed by atoms with van der Waals surface area (Å²) in [7, 11) is 5.72. The molecule has 1 saturated carbocycles. The van der Waals surface area contributed by atoms with Gasteiger partial charge in [-0.1, -0.05) is 48.5 Å². The quantitative estimate of drug-likeness (QED) is 0.680. The fourth-order valence-corrected chi connectivity index (χ4v) is 5.57. The van der Waals surface area contributed by atoms with Crippen LogP contribution < -0.4 is 0 Å². The van der Waals surface area contributed by atoms with Crippen LogP contribution in [0.2, 0.25) is 0 Å². The highest BCUT2D eigenvalue weighted by Gasteiger charge is 2.50. The second-order valence-electron chi connectivity index (χ2n) is 9.37. The number of likely N-dealkylation sites (tertiary alicyclic amines) is 1. The highest BCUT2D eigenvalue weighted by molar-refractivity contribution is 5.91. The van der Waals surface area contributed by atoms with Crippen LogP contribution in [0.3, 0.4) is 0 Å². The molecule has 4 rings (SSSR count). The molecule has 2 aliphatic rings. The molecule has 0 radical (unpaired) electrons. The summed E-state index contributed by atoms with van der Waals surface area (Å²) in [4.78, 5) is 29.4. The van der Waals surface area contributed by atoms with Crippen molar-refractivity contribution in [1.29, 1.82) is 0 Å². The van der Waals surface area contributed by atoms with Crippen molar-refractivity contribution in [2.75, 3.05) is 27.7 Å². The van der Waals surface area contributed by atoms with Gasteiger partial charge in [-0.2, -0.15) is 0 Å². The third kappa shape index (κ3) is 3.99. The molecule has 2 fully saturated rings. The Hall–Kier alpha value is -2.66. The maximum Gasteiger partial charge on any atom is 0.338 e. The van der Waals surface area contributed by atoms with Crippen LogP contribution in [0.15, 0.2) is 54.6 Å². The molecule has 0 N–H and O–H groups in total. The number of nitrogens with zero attached hydrogens (tertiary/aromatic N) is 2. The van der Waals surface area contributed by atoms with E-state index in [2.05, 4.69) is 49.3 Å². The van der Waals surface area contributed by atoms with Crippen molar-refractivity contribution in [3.8, 4) is 0 Å². The maximum atomic E-state index is 13.0. The average Bonchev–Trinajstić information content (AvgIpc) is 3.09. The lowest BCUT2D eigenvalue weighted by Gasteiger charge is -2.48. The Balaban J connectivity index is 1.50. The minimum absolute atomic E-state index is 0.0282. The number of hydrogen-bond acceptors (Lipinski definition) is 4. The van der Waals surface area contributed by atoms with E-state index in [1.807, 2.05) is 23.1 Å². The molecule has 0 bridgehead atoms. The molecule has 1 aliphatic heterocycles. The Bertz CT molecular complexity index is 946. The van der Waals surface area contributed by atoms with Crippen LogP contribution in [0.25, 0.3) is 0 Å². The standard InChI is InChI=1S/C26H32N2O3/c1-27(2)26(21-10-5-4-6-11-21)15-13-25(14-16-26)17-23(29)28(19-25)18-20-9-7-8-12-22(20)24(30)31-3/h4-12H,13-19H2,1-3H3. The molecular formula is C26H32N2O3. The number of esters is 1. The molecule has 1 saturated heterocycles. The van der Waals surface area contributed by atoms with Gasteiger partial charge < -0.3 is 9.64 Å². The van der Waals surface area contributed by atoms with Gasteiger partial charge in [0.25, 0.3) is 0 Å². The molecule has 1 spiro atoms. The van der Waals surface area contributed by atoms with Crippen LogP contribution in [0, 0.1) is 5.41 Å². The predicted molar refractivity (Wildman–Crippen MR) is 121 cm³/mol. The zero-order valence-electron chi connectivity index (χ0n) is 18.8. The molecular weight excluding hydrogens is 388 g/mol. The number of benzene rings is 2. The van der Waals surface area contributed by atoms with Gasteiger partial charge in [0.1, 0.15) is 0 Å². The van der Waals surface area contributed by atoms with Gasteiger partial charge in [0, 0.05) is 25.0 Å². The summed E-state index contributed by atoms with van der Waals surface area (Å²) in [5.74, 6) is -0.162. The largest absolute Gasteiger partial charge is 0.465 e. The van der Waals surface area contributed by atoms with E-state index in [-0.39, 0.29) is 22.8 Å². The molecule has 164 valence electrons. The Morgan fingerprint density at radius 3 is 2.29 bits per heavy atom. The zero-order valence-corrected chi connectivity index (χ0v) is 18.8. The lowest BCUT2D eigenvalue weighted by Crippen LogP contribution is -2.47. The zero-order chi connectivity index (χ0) is 22.1. The number of hydrogen-bond donors (Lipinski definition) is 0. The normalized spacial score (nSPS) is 25.9. The molecule has 31 heavy (non-hydrogen) atoms. The van der Waals surface area contributed by atoms with Crippen LogP contribution in [-0.2, 0) is 21.6 Å². The van der Waals surface area contributed by atoms with E-state index < -0.39 is 0 Å². The van der Waals surface area contributed by atoms with Gasteiger partial charge in [-0.25, -0.2) is 4.79 Å². The van der Waals surface area contributed by atoms with Gasteiger partial charge in [-0.3, -0.25) is 9.69 Å². The van der Waals surface area contributed by atoms with E-state index >= 15 is 0 Å². The first-order valence-corrected chi connectivity index (χ1v) is 11.1. The molecule has 1 amide bonds. The van der Waals surface area contributed by atoms with E-state index in [1.54, 1.807) is 6.07 Å². The fourth-order valence-electron chi connectivity index (χ4n) is 5.57. The van der Waals surface area contributed by atoms with Crippen molar-refractivity contribution in [1.82, 2.24) is 9.80 Å². The number of carbonyl (C=O) groups is 2. The maximum absolute atomic E-state index is 13.0. The molecule has 1 heterocycles. The van der Waals surface area contributed by atoms with Gasteiger partial charge in [-0.15, -0.1) is 0 Å². The fraction of sp³-hybridized carbons (Fsp3) is 0.462. The predicted octanol–water partition coefficient (Wildman–Crippen LogP) is 4.22. The molecule has 1 aliphatic carbocycles. The molecule has 2 aromatic carbocycles. The molecule has 0 aromatic heterocycles. The summed E-state index contributed by atoms with van der Waals surface area (Å²) in [5.41, 5.74) is 2.81. The minimum Gasteiger partial charge on any atom is -0.465 e. The van der Waals surface area contributed by atoms with E-state index in [0.717, 1.165) is 37.8 Å². The summed E-state index contributed by atoms with van der Waals surface area (Å²) in [6.45, 7) is 1.23. The molecule has 5 nitrogen and oxygen atoms in total. The third-order valence-electron chi connectivity index (χ3n) is 7.49. The lowest BCUT2D eigenvalue weighted by atomic mass is 9.64.